The van der Waals surface area contributed by atoms with Crippen molar-refractivity contribution in [1.82, 2.24) is 0 Å². The van der Waals surface area contributed by atoms with Gasteiger partial charge in [0.1, 0.15) is 0 Å². The van der Waals surface area contributed by atoms with Gasteiger partial charge in [0.05, 0.1) is 18.4 Å². The first-order chi connectivity index (χ1) is 13.9. The summed E-state index contributed by atoms with van der Waals surface area (Å²) in [5.74, 6) is -0.444. The molecule has 0 amide bonds. The normalized spacial score (nSPS) is 16.8. The summed E-state index contributed by atoms with van der Waals surface area (Å²) >= 11 is 0. The minimum Gasteiger partial charge on any atom is -0.465 e. The molecule has 156 valence electrons. The average molecular weight is 414 g/mol. The molecule has 5 heteroatoms. The SMILES string of the molecule is C=Cc1ccc([SH](C)(=O)N2c3ccc(CC)cc3CCC2CC)cc1C(=O)OC. The molecule has 1 unspecified atom stereocenters. The third-order valence-corrected chi connectivity index (χ3v) is 8.52. The predicted molar refractivity (Wildman–Crippen MR) is 122 cm³/mol. The van der Waals surface area contributed by atoms with Crippen LogP contribution in [0.1, 0.15) is 53.7 Å². The number of methoxy groups -OCH3 is 1. The van der Waals surface area contributed by atoms with E-state index in [9.17, 15) is 9.00 Å². The van der Waals surface area contributed by atoms with Gasteiger partial charge in [-0.05, 0) is 70.7 Å². The number of anilines is 1. The standard InChI is InChI=1S/C24H31NO3S/c1-6-17-9-14-23-19(15-17)10-12-20(8-3)25(23)29(5,27)21-13-11-18(7-2)22(16-21)24(26)28-4/h7,9,11,13-16,20,29H,2,6,8,10,12H2,1,3-5H3. The fourth-order valence-corrected chi connectivity index (χ4v) is 6.69. The molecule has 4 nitrogen and oxygen atoms in total. The number of fused-ring (bicyclic) bond motifs is 1. The second kappa shape index (κ2) is 8.54. The summed E-state index contributed by atoms with van der Waals surface area (Å²) in [4.78, 5) is 12.9. The van der Waals surface area contributed by atoms with E-state index in [2.05, 4.69) is 42.9 Å². The number of hydrogen-bond donors (Lipinski definition) is 1. The average Bonchev–Trinajstić information content (AvgIpc) is 2.76. The molecule has 0 radical (unpaired) electrons. The maximum absolute atomic E-state index is 14.3. The van der Waals surface area contributed by atoms with Crippen molar-refractivity contribution in [2.24, 2.45) is 0 Å². The molecule has 1 aliphatic rings. The largest absolute Gasteiger partial charge is 0.465 e. The van der Waals surface area contributed by atoms with Gasteiger partial charge in [0.15, 0.2) is 0 Å². The third kappa shape index (κ3) is 3.88. The highest BCUT2D eigenvalue weighted by atomic mass is 32.3. The first-order valence-corrected chi connectivity index (χ1v) is 12.3. The highest BCUT2D eigenvalue weighted by Crippen LogP contribution is 2.39. The number of aryl methyl sites for hydroxylation is 2. The van der Waals surface area contributed by atoms with Crippen molar-refractivity contribution in [3.63, 3.8) is 0 Å². The summed E-state index contributed by atoms with van der Waals surface area (Å²) < 4.78 is 21.3. The molecule has 0 aliphatic carbocycles. The van der Waals surface area contributed by atoms with Crippen molar-refractivity contribution in [2.75, 3.05) is 17.7 Å². The van der Waals surface area contributed by atoms with E-state index in [0.717, 1.165) is 31.4 Å². The molecule has 1 heterocycles. The van der Waals surface area contributed by atoms with E-state index in [1.54, 1.807) is 18.2 Å². The summed E-state index contributed by atoms with van der Waals surface area (Å²) in [6.07, 6.45) is 7.31. The molecule has 0 bridgehead atoms. The fraction of sp³-hybridized carbons (Fsp3) is 0.375. The van der Waals surface area contributed by atoms with Crippen LogP contribution in [0.25, 0.3) is 6.08 Å². The molecule has 0 saturated carbocycles. The molecule has 0 N–H and O–H groups in total. The van der Waals surface area contributed by atoms with Gasteiger partial charge in [-0.25, -0.2) is 4.79 Å². The summed E-state index contributed by atoms with van der Waals surface area (Å²) in [5.41, 5.74) is 4.69. The van der Waals surface area contributed by atoms with Crippen LogP contribution in [0.3, 0.4) is 0 Å². The number of ether oxygens (including phenoxy) is 1. The van der Waals surface area contributed by atoms with Gasteiger partial charge in [-0.1, -0.05) is 44.7 Å². The van der Waals surface area contributed by atoms with E-state index in [4.69, 9.17) is 4.74 Å². The molecule has 0 aromatic heterocycles. The van der Waals surface area contributed by atoms with Crippen molar-refractivity contribution >= 4 is 27.9 Å². The van der Waals surface area contributed by atoms with Crippen LogP contribution in [0.2, 0.25) is 0 Å². The van der Waals surface area contributed by atoms with Crippen molar-refractivity contribution in [3.05, 3.63) is 65.2 Å². The molecule has 2 aromatic carbocycles. The Morgan fingerprint density at radius 2 is 2.03 bits per heavy atom. The highest BCUT2D eigenvalue weighted by molar-refractivity contribution is 8.03. The Morgan fingerprint density at radius 1 is 1.28 bits per heavy atom. The van der Waals surface area contributed by atoms with Crippen molar-refractivity contribution in [2.45, 2.75) is 50.5 Å². The number of thiol groups is 1. The monoisotopic (exact) mass is 413 g/mol. The number of esters is 1. The van der Waals surface area contributed by atoms with E-state index < -0.39 is 16.1 Å². The Labute approximate surface area is 175 Å². The second-order valence-corrected chi connectivity index (χ2v) is 10.3. The number of carbonyl (C=O) groups excluding carboxylic acids is 1. The van der Waals surface area contributed by atoms with Gasteiger partial charge in [-0.3, -0.25) is 4.21 Å². The van der Waals surface area contributed by atoms with Crippen LogP contribution in [-0.2, 0) is 27.7 Å². The lowest BCUT2D eigenvalue weighted by atomic mass is 9.94. The van der Waals surface area contributed by atoms with E-state index in [0.29, 0.717) is 16.0 Å². The van der Waals surface area contributed by atoms with Gasteiger partial charge >= 0.3 is 5.97 Å². The molecule has 29 heavy (non-hydrogen) atoms. The summed E-state index contributed by atoms with van der Waals surface area (Å²) in [7, 11) is -1.61. The molecule has 0 saturated heterocycles. The minimum absolute atomic E-state index is 0.200. The summed E-state index contributed by atoms with van der Waals surface area (Å²) in [6, 6.07) is 12.1. The Bertz CT molecular complexity index is 982. The third-order valence-electron chi connectivity index (χ3n) is 5.92. The molecule has 0 fully saturated rings. The molecule has 1 aliphatic heterocycles. The number of nitrogens with zero attached hydrogens (tertiary/aromatic N) is 1. The quantitative estimate of drug-likeness (QED) is 0.545. The van der Waals surface area contributed by atoms with E-state index in [1.165, 1.54) is 18.2 Å². The Balaban J connectivity index is 2.14. The lowest BCUT2D eigenvalue weighted by Crippen LogP contribution is -2.46. The van der Waals surface area contributed by atoms with Crippen molar-refractivity contribution in [3.8, 4) is 0 Å². The Morgan fingerprint density at radius 3 is 2.66 bits per heavy atom. The molecule has 2 aromatic rings. The molecular weight excluding hydrogens is 382 g/mol. The van der Waals surface area contributed by atoms with Gasteiger partial charge in [0.25, 0.3) is 0 Å². The maximum Gasteiger partial charge on any atom is 0.338 e. The van der Waals surface area contributed by atoms with Crippen LogP contribution in [0.5, 0.6) is 0 Å². The van der Waals surface area contributed by atoms with Gasteiger partial charge in [-0.15, -0.1) is 0 Å². The summed E-state index contributed by atoms with van der Waals surface area (Å²) in [6.45, 7) is 8.07. The number of rotatable bonds is 6. The van der Waals surface area contributed by atoms with Crippen LogP contribution < -0.4 is 4.31 Å². The second-order valence-electron chi connectivity index (χ2n) is 7.61. The van der Waals surface area contributed by atoms with Crippen molar-refractivity contribution in [1.29, 1.82) is 0 Å². The van der Waals surface area contributed by atoms with Gasteiger partial charge in [0, 0.05) is 17.2 Å². The van der Waals surface area contributed by atoms with Gasteiger partial charge in [0.2, 0.25) is 0 Å². The Hall–Kier alpha value is -2.40. The number of carbonyl (C=O) groups is 1. The maximum atomic E-state index is 14.3. The van der Waals surface area contributed by atoms with E-state index >= 15 is 0 Å². The van der Waals surface area contributed by atoms with E-state index in [1.807, 2.05) is 12.3 Å². The van der Waals surface area contributed by atoms with Crippen LogP contribution in [0, 0.1) is 0 Å². The first-order valence-electron chi connectivity index (χ1n) is 10.2. The zero-order valence-corrected chi connectivity index (χ0v) is 18.7. The topological polar surface area (TPSA) is 46.6 Å². The van der Waals surface area contributed by atoms with Gasteiger partial charge in [-0.2, -0.15) is 0 Å². The Kier molecular flexibility index (Phi) is 6.27. The van der Waals surface area contributed by atoms with Crippen LogP contribution in [0.15, 0.2) is 47.9 Å². The lowest BCUT2D eigenvalue weighted by molar-refractivity contribution is 0.0600. The zero-order chi connectivity index (χ0) is 21.2. The molecule has 1 atom stereocenters. The van der Waals surface area contributed by atoms with Gasteiger partial charge < -0.3 is 9.04 Å². The van der Waals surface area contributed by atoms with Crippen LogP contribution >= 0.6 is 0 Å². The smallest absolute Gasteiger partial charge is 0.338 e. The fourth-order valence-electron chi connectivity index (χ4n) is 4.21. The lowest BCUT2D eigenvalue weighted by Gasteiger charge is -2.45. The van der Waals surface area contributed by atoms with E-state index in [-0.39, 0.29) is 6.04 Å². The number of benzene rings is 2. The van der Waals surface area contributed by atoms with Crippen LogP contribution in [0.4, 0.5) is 5.69 Å². The predicted octanol–water partition coefficient (Wildman–Crippen LogP) is 4.83. The first kappa shape index (κ1) is 21.3. The molecular formula is C24H31NO3S. The number of hydrogen-bond acceptors (Lipinski definition) is 3. The van der Waals surface area contributed by atoms with Crippen molar-refractivity contribution < 1.29 is 13.7 Å². The minimum atomic E-state index is -2.97. The zero-order valence-electron chi connectivity index (χ0n) is 17.8. The summed E-state index contributed by atoms with van der Waals surface area (Å²) in [5, 5.41) is 0. The molecule has 0 spiro atoms. The molecule has 3 rings (SSSR count). The highest BCUT2D eigenvalue weighted by Gasteiger charge is 2.33. The van der Waals surface area contributed by atoms with Crippen LogP contribution in [-0.4, -0.2) is 29.6 Å².